The van der Waals surface area contributed by atoms with Crippen LogP contribution in [0.1, 0.15) is 26.5 Å². The number of H-pyrrole nitrogens is 1. The predicted molar refractivity (Wildman–Crippen MR) is 124 cm³/mol. The smallest absolute Gasteiger partial charge is 0.361 e. The first-order valence-electron chi connectivity index (χ1n) is 10.8. The second-order valence-electron chi connectivity index (χ2n) is 8.31. The number of piperazine rings is 1. The van der Waals surface area contributed by atoms with E-state index in [4.69, 9.17) is 0 Å². The zero-order chi connectivity index (χ0) is 24.0. The number of pyridine rings is 1. The molecule has 4 heterocycles. The quantitative estimate of drug-likeness (QED) is 0.459. The van der Waals surface area contributed by atoms with Crippen LogP contribution in [0.25, 0.3) is 21.1 Å². The topological polar surface area (TPSA) is 69.3 Å². The van der Waals surface area contributed by atoms with E-state index in [1.807, 2.05) is 30.5 Å². The number of thiophene rings is 1. The predicted octanol–water partition coefficient (Wildman–Crippen LogP) is 4.63. The van der Waals surface area contributed by atoms with E-state index >= 15 is 0 Å². The van der Waals surface area contributed by atoms with Gasteiger partial charge in [-0.25, -0.2) is 4.98 Å². The van der Waals surface area contributed by atoms with Gasteiger partial charge in [0.2, 0.25) is 5.91 Å². The van der Waals surface area contributed by atoms with Gasteiger partial charge in [0, 0.05) is 48.7 Å². The molecule has 5 rings (SSSR count). The van der Waals surface area contributed by atoms with Crippen molar-refractivity contribution in [2.45, 2.75) is 19.5 Å². The molecule has 0 spiro atoms. The van der Waals surface area contributed by atoms with Crippen molar-refractivity contribution in [2.24, 2.45) is 0 Å². The molecule has 1 saturated heterocycles. The molecule has 1 N–H and O–H groups in total. The lowest BCUT2D eigenvalue weighted by Crippen LogP contribution is -2.50. The summed E-state index contributed by atoms with van der Waals surface area (Å²) in [6, 6.07) is 10.1. The van der Waals surface area contributed by atoms with Gasteiger partial charge in [0.05, 0.1) is 11.3 Å². The molecular weight excluding hydrogens is 465 g/mol. The van der Waals surface area contributed by atoms with Crippen LogP contribution in [-0.4, -0.2) is 57.8 Å². The van der Waals surface area contributed by atoms with Crippen molar-refractivity contribution in [3.63, 3.8) is 0 Å². The number of para-hydroxylation sites is 1. The van der Waals surface area contributed by atoms with Gasteiger partial charge in [0.15, 0.2) is 0 Å². The van der Waals surface area contributed by atoms with Crippen LogP contribution in [0.5, 0.6) is 0 Å². The summed E-state index contributed by atoms with van der Waals surface area (Å²) in [6.45, 7) is 3.28. The van der Waals surface area contributed by atoms with Gasteiger partial charge in [-0.2, -0.15) is 13.2 Å². The third kappa shape index (κ3) is 4.02. The Kier molecular flexibility index (Phi) is 5.55. The highest BCUT2D eigenvalue weighted by Crippen LogP contribution is 2.35. The maximum atomic E-state index is 13.1. The lowest BCUT2D eigenvalue weighted by atomic mass is 10.1. The van der Waals surface area contributed by atoms with Crippen LogP contribution in [0.2, 0.25) is 0 Å². The van der Waals surface area contributed by atoms with Crippen LogP contribution in [0, 0.1) is 6.92 Å². The molecule has 3 aromatic heterocycles. The van der Waals surface area contributed by atoms with Crippen molar-refractivity contribution in [1.82, 2.24) is 19.8 Å². The number of benzene rings is 1. The third-order valence-electron chi connectivity index (χ3n) is 6.22. The standard InChI is InChI=1S/C24H21F3N4O2S/c1-14-16-6-7-19(24(25,26)27)29-22(16)34-21(14)23(33)31-10-8-30(9-11-31)20(32)12-15-13-28-18-5-3-2-4-17(15)18/h2-7,13,28H,8-12H2,1H3. The molecule has 0 aliphatic carbocycles. The Morgan fingerprint density at radius 2 is 1.74 bits per heavy atom. The summed E-state index contributed by atoms with van der Waals surface area (Å²) in [6.07, 6.45) is -2.41. The van der Waals surface area contributed by atoms with Crippen LogP contribution in [0.15, 0.2) is 42.6 Å². The van der Waals surface area contributed by atoms with Crippen LogP contribution >= 0.6 is 11.3 Å². The highest BCUT2D eigenvalue weighted by molar-refractivity contribution is 7.20. The summed E-state index contributed by atoms with van der Waals surface area (Å²) in [4.78, 5) is 36.9. The van der Waals surface area contributed by atoms with Gasteiger partial charge in [0.25, 0.3) is 5.91 Å². The number of amides is 2. The van der Waals surface area contributed by atoms with E-state index in [1.165, 1.54) is 6.07 Å². The fourth-order valence-electron chi connectivity index (χ4n) is 4.32. The monoisotopic (exact) mass is 486 g/mol. The van der Waals surface area contributed by atoms with Crippen LogP contribution in [0.3, 0.4) is 0 Å². The number of alkyl halides is 3. The molecule has 1 aromatic carbocycles. The Morgan fingerprint density at radius 3 is 2.47 bits per heavy atom. The Balaban J connectivity index is 1.26. The van der Waals surface area contributed by atoms with Crippen molar-refractivity contribution in [3.05, 3.63) is 64.3 Å². The van der Waals surface area contributed by atoms with Crippen molar-refractivity contribution in [2.75, 3.05) is 26.2 Å². The molecule has 1 aliphatic rings. The molecule has 1 fully saturated rings. The molecule has 0 atom stereocenters. The molecule has 0 bridgehead atoms. The molecule has 4 aromatic rings. The largest absolute Gasteiger partial charge is 0.433 e. The summed E-state index contributed by atoms with van der Waals surface area (Å²) < 4.78 is 39.0. The summed E-state index contributed by atoms with van der Waals surface area (Å²) in [7, 11) is 0. The second kappa shape index (κ2) is 8.43. The van der Waals surface area contributed by atoms with Crippen molar-refractivity contribution in [3.8, 4) is 0 Å². The zero-order valence-electron chi connectivity index (χ0n) is 18.3. The molecule has 6 nitrogen and oxygen atoms in total. The molecule has 10 heteroatoms. The summed E-state index contributed by atoms with van der Waals surface area (Å²) >= 11 is 0.981. The number of aryl methyl sites for hydroxylation is 1. The summed E-state index contributed by atoms with van der Waals surface area (Å²) in [5.74, 6) is -0.239. The van der Waals surface area contributed by atoms with E-state index < -0.39 is 11.9 Å². The lowest BCUT2D eigenvalue weighted by molar-refractivity contribution is -0.141. The Hall–Kier alpha value is -3.40. The first-order valence-corrected chi connectivity index (χ1v) is 11.6. The van der Waals surface area contributed by atoms with Gasteiger partial charge in [-0.05, 0) is 36.2 Å². The lowest BCUT2D eigenvalue weighted by Gasteiger charge is -2.34. The van der Waals surface area contributed by atoms with Crippen LogP contribution < -0.4 is 0 Å². The number of carbonyl (C=O) groups excluding carboxylic acids is 2. The first kappa shape index (κ1) is 22.4. The zero-order valence-corrected chi connectivity index (χ0v) is 19.1. The Labute approximate surface area is 197 Å². The van der Waals surface area contributed by atoms with Gasteiger partial charge in [-0.15, -0.1) is 11.3 Å². The van der Waals surface area contributed by atoms with Crippen LogP contribution in [-0.2, 0) is 17.4 Å². The minimum atomic E-state index is -4.54. The molecule has 2 amide bonds. The van der Waals surface area contributed by atoms with Gasteiger partial charge in [-0.1, -0.05) is 18.2 Å². The maximum absolute atomic E-state index is 13.1. The van der Waals surface area contributed by atoms with E-state index in [0.717, 1.165) is 33.9 Å². The highest BCUT2D eigenvalue weighted by Gasteiger charge is 2.33. The van der Waals surface area contributed by atoms with E-state index in [2.05, 4.69) is 9.97 Å². The molecule has 0 unspecified atom stereocenters. The molecule has 176 valence electrons. The van der Waals surface area contributed by atoms with Crippen molar-refractivity contribution < 1.29 is 22.8 Å². The number of hydrogen-bond acceptors (Lipinski definition) is 4. The summed E-state index contributed by atoms with van der Waals surface area (Å²) in [5, 5.41) is 1.57. The maximum Gasteiger partial charge on any atom is 0.433 e. The van der Waals surface area contributed by atoms with Gasteiger partial charge >= 0.3 is 6.18 Å². The number of fused-ring (bicyclic) bond motifs is 2. The fraction of sp³-hybridized carbons (Fsp3) is 0.292. The number of rotatable bonds is 3. The number of aromatic amines is 1. The first-order chi connectivity index (χ1) is 16.2. The molecule has 1 aliphatic heterocycles. The normalized spacial score (nSPS) is 14.8. The molecule has 34 heavy (non-hydrogen) atoms. The summed E-state index contributed by atoms with van der Waals surface area (Å²) in [5.41, 5.74) is 1.58. The van der Waals surface area contributed by atoms with E-state index in [0.29, 0.717) is 42.0 Å². The molecular formula is C24H21F3N4O2S. The Bertz CT molecular complexity index is 1400. The van der Waals surface area contributed by atoms with Crippen LogP contribution in [0.4, 0.5) is 13.2 Å². The number of carbonyl (C=O) groups is 2. The van der Waals surface area contributed by atoms with E-state index in [1.54, 1.807) is 16.7 Å². The second-order valence-corrected chi connectivity index (χ2v) is 9.31. The number of halogens is 3. The Morgan fingerprint density at radius 1 is 1.03 bits per heavy atom. The number of hydrogen-bond donors (Lipinski definition) is 1. The third-order valence-corrected chi connectivity index (χ3v) is 7.41. The fourth-order valence-corrected chi connectivity index (χ4v) is 5.46. The molecule has 0 saturated carbocycles. The number of nitrogens with zero attached hydrogens (tertiary/aromatic N) is 3. The highest BCUT2D eigenvalue weighted by atomic mass is 32.1. The minimum absolute atomic E-state index is 0.00113. The molecule has 0 radical (unpaired) electrons. The van der Waals surface area contributed by atoms with Gasteiger partial charge in [-0.3, -0.25) is 9.59 Å². The van der Waals surface area contributed by atoms with E-state index in [-0.39, 0.29) is 23.1 Å². The van der Waals surface area contributed by atoms with E-state index in [9.17, 15) is 22.8 Å². The average Bonchev–Trinajstić information content (AvgIpc) is 3.39. The average molecular weight is 487 g/mol. The number of aromatic nitrogens is 2. The minimum Gasteiger partial charge on any atom is -0.361 e. The SMILES string of the molecule is Cc1c(C(=O)N2CCN(C(=O)Cc3c[nH]c4ccccc34)CC2)sc2nc(C(F)(F)F)ccc12. The van der Waals surface area contributed by atoms with Gasteiger partial charge in [0.1, 0.15) is 10.5 Å². The van der Waals surface area contributed by atoms with Gasteiger partial charge < -0.3 is 14.8 Å². The number of nitrogens with one attached hydrogen (secondary N) is 1. The van der Waals surface area contributed by atoms with Crippen molar-refractivity contribution in [1.29, 1.82) is 0 Å². The van der Waals surface area contributed by atoms with Crippen molar-refractivity contribution >= 4 is 44.3 Å².